The van der Waals surface area contributed by atoms with Gasteiger partial charge in [-0.25, -0.2) is 9.59 Å². The van der Waals surface area contributed by atoms with Crippen LogP contribution in [0.4, 0.5) is 5.69 Å². The number of aryl methyl sites for hydroxylation is 2. The van der Waals surface area contributed by atoms with E-state index in [0.29, 0.717) is 22.4 Å². The largest absolute Gasteiger partial charge is 0.457 e. The van der Waals surface area contributed by atoms with Crippen LogP contribution < -0.4 is 10.9 Å². The average Bonchev–Trinajstić information content (AvgIpc) is 2.60. The fraction of sp³-hybridized carbons (Fsp3) is 0.200. The molecule has 0 fully saturated rings. The second-order valence-corrected chi connectivity index (χ2v) is 5.90. The number of carbonyl (C=O) groups excluding carboxylic acids is 1. The second kappa shape index (κ2) is 6.81. The first-order valence-electron chi connectivity index (χ1n) is 7.97. The lowest BCUT2D eigenvalue weighted by atomic mass is 10.0. The second-order valence-electron chi connectivity index (χ2n) is 5.90. The molecule has 0 atom stereocenters. The number of fused-ring (bicyclic) bond motifs is 1. The van der Waals surface area contributed by atoms with Gasteiger partial charge < -0.3 is 14.5 Å². The zero-order valence-electron chi connectivity index (χ0n) is 14.4. The van der Waals surface area contributed by atoms with E-state index in [1.807, 2.05) is 32.0 Å². The van der Waals surface area contributed by atoms with Crippen LogP contribution in [-0.2, 0) is 11.3 Å². The van der Waals surface area contributed by atoms with Crippen molar-refractivity contribution in [3.05, 3.63) is 75.1 Å². The molecule has 0 saturated heterocycles. The van der Waals surface area contributed by atoms with Crippen molar-refractivity contribution in [1.29, 1.82) is 0 Å². The minimum Gasteiger partial charge on any atom is -0.457 e. The standard InChI is InChI=1S/C20H19NO4/c1-12-8-16-14(10-19(22)25-18(16)9-13(12)2)11-24-20(23)15-6-4-5-7-17(15)21-3/h4-10,21H,11H2,1-3H3. The normalized spacial score (nSPS) is 10.7. The highest BCUT2D eigenvalue weighted by molar-refractivity contribution is 5.95. The Morgan fingerprint density at radius 2 is 1.84 bits per heavy atom. The fourth-order valence-electron chi connectivity index (χ4n) is 2.70. The molecule has 0 radical (unpaired) electrons. The van der Waals surface area contributed by atoms with E-state index in [0.717, 1.165) is 16.5 Å². The third-order valence-corrected chi connectivity index (χ3v) is 4.22. The number of para-hydroxylation sites is 1. The maximum Gasteiger partial charge on any atom is 0.340 e. The maximum absolute atomic E-state index is 12.4. The Labute approximate surface area is 145 Å². The number of carbonyl (C=O) groups is 1. The van der Waals surface area contributed by atoms with Crippen molar-refractivity contribution in [3.63, 3.8) is 0 Å². The van der Waals surface area contributed by atoms with E-state index >= 15 is 0 Å². The van der Waals surface area contributed by atoms with Crippen molar-refractivity contribution in [1.82, 2.24) is 0 Å². The molecule has 2 aromatic carbocycles. The summed E-state index contributed by atoms with van der Waals surface area (Å²) in [7, 11) is 1.74. The Kier molecular flexibility index (Phi) is 4.57. The highest BCUT2D eigenvalue weighted by atomic mass is 16.5. The van der Waals surface area contributed by atoms with Crippen molar-refractivity contribution in [2.24, 2.45) is 0 Å². The van der Waals surface area contributed by atoms with E-state index in [9.17, 15) is 9.59 Å². The van der Waals surface area contributed by atoms with E-state index in [1.165, 1.54) is 6.07 Å². The van der Waals surface area contributed by atoms with Gasteiger partial charge in [0.05, 0.1) is 5.56 Å². The van der Waals surface area contributed by atoms with Crippen LogP contribution in [0.1, 0.15) is 27.0 Å². The minimum absolute atomic E-state index is 0.00147. The van der Waals surface area contributed by atoms with Crippen LogP contribution in [0, 0.1) is 13.8 Å². The van der Waals surface area contributed by atoms with Crippen LogP contribution in [0.25, 0.3) is 11.0 Å². The van der Waals surface area contributed by atoms with Gasteiger partial charge in [-0.3, -0.25) is 0 Å². The molecule has 1 aromatic heterocycles. The molecule has 0 aliphatic rings. The van der Waals surface area contributed by atoms with Gasteiger partial charge in [-0.15, -0.1) is 0 Å². The molecule has 0 spiro atoms. The maximum atomic E-state index is 12.4. The monoisotopic (exact) mass is 337 g/mol. The number of benzene rings is 2. The molecule has 0 aliphatic carbocycles. The third kappa shape index (κ3) is 3.40. The lowest BCUT2D eigenvalue weighted by Crippen LogP contribution is -2.10. The Morgan fingerprint density at radius 3 is 2.60 bits per heavy atom. The Hall–Kier alpha value is -3.08. The molecule has 3 aromatic rings. The van der Waals surface area contributed by atoms with Crippen molar-refractivity contribution < 1.29 is 13.9 Å². The smallest absolute Gasteiger partial charge is 0.340 e. The predicted molar refractivity (Wildman–Crippen MR) is 97.1 cm³/mol. The van der Waals surface area contributed by atoms with Crippen LogP contribution in [0.2, 0.25) is 0 Å². The summed E-state index contributed by atoms with van der Waals surface area (Å²) < 4.78 is 10.7. The number of hydrogen-bond acceptors (Lipinski definition) is 5. The molecular formula is C20H19NO4. The number of ether oxygens (including phenoxy) is 1. The van der Waals surface area contributed by atoms with Gasteiger partial charge in [0.2, 0.25) is 0 Å². The fourth-order valence-corrected chi connectivity index (χ4v) is 2.70. The highest BCUT2D eigenvalue weighted by Crippen LogP contribution is 2.23. The number of hydrogen-bond donors (Lipinski definition) is 1. The Balaban J connectivity index is 1.92. The number of nitrogens with one attached hydrogen (secondary N) is 1. The molecule has 0 amide bonds. The minimum atomic E-state index is -0.461. The first-order valence-corrected chi connectivity index (χ1v) is 7.97. The summed E-state index contributed by atoms with van der Waals surface area (Å²) in [6, 6.07) is 12.2. The van der Waals surface area contributed by atoms with Gasteiger partial charge in [-0.05, 0) is 49.2 Å². The topological polar surface area (TPSA) is 68.5 Å². The van der Waals surface area contributed by atoms with E-state index in [-0.39, 0.29) is 6.61 Å². The summed E-state index contributed by atoms with van der Waals surface area (Å²) >= 11 is 0. The number of anilines is 1. The molecule has 0 unspecified atom stereocenters. The van der Waals surface area contributed by atoms with Crippen LogP contribution >= 0.6 is 0 Å². The number of rotatable bonds is 4. The van der Waals surface area contributed by atoms with Gasteiger partial charge in [-0.1, -0.05) is 12.1 Å². The zero-order valence-corrected chi connectivity index (χ0v) is 14.4. The Morgan fingerprint density at radius 1 is 1.12 bits per heavy atom. The summed E-state index contributed by atoms with van der Waals surface area (Å²) in [5.41, 5.74) is 3.92. The van der Waals surface area contributed by atoms with Gasteiger partial charge in [0.25, 0.3) is 0 Å². The van der Waals surface area contributed by atoms with Crippen molar-refractivity contribution in [2.75, 3.05) is 12.4 Å². The molecule has 1 N–H and O–H groups in total. The first-order chi connectivity index (χ1) is 12.0. The molecule has 1 heterocycles. The SMILES string of the molecule is CNc1ccccc1C(=O)OCc1cc(=O)oc2cc(C)c(C)cc12. The molecule has 5 heteroatoms. The van der Waals surface area contributed by atoms with Crippen LogP contribution in [-0.4, -0.2) is 13.0 Å². The van der Waals surface area contributed by atoms with Gasteiger partial charge >= 0.3 is 11.6 Å². The quantitative estimate of drug-likeness (QED) is 0.579. The van der Waals surface area contributed by atoms with Crippen LogP contribution in [0.3, 0.4) is 0 Å². The molecule has 0 aliphatic heterocycles. The summed E-state index contributed by atoms with van der Waals surface area (Å²) in [6.45, 7) is 3.94. The van der Waals surface area contributed by atoms with Gasteiger partial charge in [0.1, 0.15) is 12.2 Å². The number of esters is 1. The van der Waals surface area contributed by atoms with Crippen LogP contribution in [0.15, 0.2) is 51.7 Å². The molecular weight excluding hydrogens is 318 g/mol. The lowest BCUT2D eigenvalue weighted by molar-refractivity contribution is 0.0475. The average molecular weight is 337 g/mol. The summed E-state index contributed by atoms with van der Waals surface area (Å²) in [5.74, 6) is -0.449. The van der Waals surface area contributed by atoms with E-state index < -0.39 is 11.6 Å². The van der Waals surface area contributed by atoms with Crippen molar-refractivity contribution in [2.45, 2.75) is 20.5 Å². The summed E-state index contributed by atoms with van der Waals surface area (Å²) in [5, 5.41) is 3.74. The van der Waals surface area contributed by atoms with Crippen LogP contribution in [0.5, 0.6) is 0 Å². The summed E-state index contributed by atoms with van der Waals surface area (Å²) in [4.78, 5) is 24.2. The van der Waals surface area contributed by atoms with Crippen molar-refractivity contribution in [3.8, 4) is 0 Å². The molecule has 128 valence electrons. The van der Waals surface area contributed by atoms with E-state index in [2.05, 4.69) is 5.32 Å². The van der Waals surface area contributed by atoms with Gasteiger partial charge in [0, 0.05) is 29.8 Å². The molecule has 0 bridgehead atoms. The first kappa shape index (κ1) is 16.8. The predicted octanol–water partition coefficient (Wildman–Crippen LogP) is 3.81. The van der Waals surface area contributed by atoms with E-state index in [4.69, 9.17) is 9.15 Å². The summed E-state index contributed by atoms with van der Waals surface area (Å²) in [6.07, 6.45) is 0. The zero-order chi connectivity index (χ0) is 18.0. The molecule has 5 nitrogen and oxygen atoms in total. The molecule has 0 saturated carbocycles. The van der Waals surface area contributed by atoms with Crippen molar-refractivity contribution >= 4 is 22.6 Å². The highest BCUT2D eigenvalue weighted by Gasteiger charge is 2.14. The van der Waals surface area contributed by atoms with Gasteiger partial charge in [-0.2, -0.15) is 0 Å². The lowest BCUT2D eigenvalue weighted by Gasteiger charge is -2.11. The molecule has 25 heavy (non-hydrogen) atoms. The van der Waals surface area contributed by atoms with Gasteiger partial charge in [0.15, 0.2) is 0 Å². The molecule has 3 rings (SSSR count). The van der Waals surface area contributed by atoms with E-state index in [1.54, 1.807) is 25.2 Å². The third-order valence-electron chi connectivity index (χ3n) is 4.22. The Bertz CT molecular complexity index is 1000.